The van der Waals surface area contributed by atoms with Crippen molar-refractivity contribution >= 4 is 53.4 Å². The summed E-state index contributed by atoms with van der Waals surface area (Å²) in [4.78, 5) is 9.41. The zero-order valence-electron chi connectivity index (χ0n) is 18.4. The van der Waals surface area contributed by atoms with E-state index in [1.165, 1.54) is 23.5 Å². The number of hydrogen-bond donors (Lipinski definition) is 1. The van der Waals surface area contributed by atoms with Crippen LogP contribution in [0.5, 0.6) is 11.5 Å². The van der Waals surface area contributed by atoms with Crippen LogP contribution in [0.1, 0.15) is 19.4 Å². The second-order valence-electron chi connectivity index (χ2n) is 7.67. The molecule has 0 unspecified atom stereocenters. The lowest BCUT2D eigenvalue weighted by Crippen LogP contribution is -2.10. The third kappa shape index (κ3) is 4.97. The monoisotopic (exact) mass is 547 g/mol. The number of pyridine rings is 1. The molecule has 172 valence electrons. The van der Waals surface area contributed by atoms with Gasteiger partial charge in [-0.2, -0.15) is 8.42 Å². The number of thiazole rings is 1. The minimum Gasteiger partial charge on any atom is -0.495 e. The molecule has 33 heavy (non-hydrogen) atoms. The molecule has 0 radical (unpaired) electrons. The number of aromatic nitrogens is 2. The van der Waals surface area contributed by atoms with Crippen molar-refractivity contribution in [3.8, 4) is 22.9 Å². The molecule has 2 aromatic heterocycles. The normalized spacial score (nSPS) is 11.7. The fraction of sp³-hybridized carbons (Fsp3) is 0.217. The van der Waals surface area contributed by atoms with Crippen LogP contribution >= 0.6 is 27.3 Å². The first-order chi connectivity index (χ1) is 15.7. The maximum atomic E-state index is 13.0. The third-order valence-corrected chi connectivity index (χ3v) is 7.54. The molecule has 4 rings (SSSR count). The van der Waals surface area contributed by atoms with Gasteiger partial charge in [-0.3, -0.25) is 0 Å². The van der Waals surface area contributed by atoms with E-state index in [9.17, 15) is 8.42 Å². The van der Waals surface area contributed by atoms with Crippen LogP contribution < -0.4 is 14.2 Å². The van der Waals surface area contributed by atoms with E-state index in [1.54, 1.807) is 37.4 Å². The van der Waals surface area contributed by atoms with Crippen LogP contribution in [0.2, 0.25) is 0 Å². The Hall–Kier alpha value is -2.69. The Morgan fingerprint density at radius 1 is 1.03 bits per heavy atom. The van der Waals surface area contributed by atoms with Crippen LogP contribution in [0.15, 0.2) is 57.2 Å². The number of hydrogen-bond acceptors (Lipinski definition) is 8. The van der Waals surface area contributed by atoms with Crippen molar-refractivity contribution in [2.45, 2.75) is 31.7 Å². The quantitative estimate of drug-likeness (QED) is 0.282. The molecule has 0 amide bonds. The summed E-state index contributed by atoms with van der Waals surface area (Å²) in [5, 5.41) is 6.41. The minimum atomic E-state index is -4.06. The number of anilines is 1. The average Bonchev–Trinajstić information content (AvgIpc) is 3.22. The lowest BCUT2D eigenvalue weighted by atomic mass is 10.1. The van der Waals surface area contributed by atoms with Gasteiger partial charge < -0.3 is 14.2 Å². The molecule has 0 aliphatic rings. The summed E-state index contributed by atoms with van der Waals surface area (Å²) >= 11 is 4.98. The molecule has 0 fully saturated rings. The maximum absolute atomic E-state index is 13.0. The van der Waals surface area contributed by atoms with Gasteiger partial charge in [0.2, 0.25) is 0 Å². The van der Waals surface area contributed by atoms with E-state index in [0.29, 0.717) is 32.5 Å². The van der Waals surface area contributed by atoms with Gasteiger partial charge in [0.25, 0.3) is 0 Å². The standard InChI is InChI=1S/C23H22BrN3O4S2/c1-13(2)25-23-27-18(12-32-23)17-11-20(16-9-10-19(30-4)21(24)22(16)26-17)31-33(28,29)15-7-5-14(3)6-8-15/h5-13H,1-4H3,(H,25,27). The maximum Gasteiger partial charge on any atom is 0.339 e. The molecular weight excluding hydrogens is 526 g/mol. The molecule has 0 saturated carbocycles. The Labute approximate surface area is 205 Å². The number of fused-ring (bicyclic) bond motifs is 1. The molecule has 1 N–H and O–H groups in total. The number of halogens is 1. The molecule has 4 aromatic rings. The number of ether oxygens (including phenoxy) is 1. The van der Waals surface area contributed by atoms with E-state index in [4.69, 9.17) is 13.9 Å². The number of aryl methyl sites for hydroxylation is 1. The molecule has 0 aliphatic carbocycles. The van der Waals surface area contributed by atoms with Gasteiger partial charge in [0.15, 0.2) is 10.9 Å². The van der Waals surface area contributed by atoms with Gasteiger partial charge in [-0.25, -0.2) is 9.97 Å². The van der Waals surface area contributed by atoms with Gasteiger partial charge in [-0.15, -0.1) is 11.3 Å². The molecule has 7 nitrogen and oxygen atoms in total. The van der Waals surface area contributed by atoms with Gasteiger partial charge >= 0.3 is 10.1 Å². The molecule has 10 heteroatoms. The fourth-order valence-electron chi connectivity index (χ4n) is 3.14. The summed E-state index contributed by atoms with van der Waals surface area (Å²) in [6.07, 6.45) is 0. The van der Waals surface area contributed by atoms with Crippen LogP contribution in [0, 0.1) is 6.92 Å². The highest BCUT2D eigenvalue weighted by Gasteiger charge is 2.22. The van der Waals surface area contributed by atoms with E-state index >= 15 is 0 Å². The molecule has 0 aliphatic heterocycles. The lowest BCUT2D eigenvalue weighted by molar-refractivity contribution is 0.413. The average molecular weight is 548 g/mol. The zero-order valence-corrected chi connectivity index (χ0v) is 21.6. The Morgan fingerprint density at radius 2 is 1.76 bits per heavy atom. The van der Waals surface area contributed by atoms with Crippen molar-refractivity contribution in [2.24, 2.45) is 0 Å². The largest absolute Gasteiger partial charge is 0.495 e. The van der Waals surface area contributed by atoms with Crippen LogP contribution in [0.4, 0.5) is 5.13 Å². The summed E-state index contributed by atoms with van der Waals surface area (Å²) in [6, 6.07) is 11.8. The Kier molecular flexibility index (Phi) is 6.60. The Balaban J connectivity index is 1.86. The van der Waals surface area contributed by atoms with Crippen LogP contribution in [0.3, 0.4) is 0 Å². The molecule has 0 atom stereocenters. The van der Waals surface area contributed by atoms with E-state index in [2.05, 4.69) is 26.2 Å². The van der Waals surface area contributed by atoms with Gasteiger partial charge in [-0.1, -0.05) is 17.7 Å². The SMILES string of the molecule is COc1ccc2c(OS(=O)(=O)c3ccc(C)cc3)cc(-c3csc(NC(C)C)n3)nc2c1Br. The predicted octanol–water partition coefficient (Wildman–Crippen LogP) is 6.03. The molecule has 2 heterocycles. The van der Waals surface area contributed by atoms with Gasteiger partial charge in [-0.05, 0) is 61.0 Å². The Morgan fingerprint density at radius 3 is 2.42 bits per heavy atom. The van der Waals surface area contributed by atoms with Gasteiger partial charge in [0.05, 0.1) is 22.8 Å². The lowest BCUT2D eigenvalue weighted by Gasteiger charge is -2.13. The van der Waals surface area contributed by atoms with E-state index in [0.717, 1.165) is 10.7 Å². The number of nitrogens with zero attached hydrogens (tertiary/aromatic N) is 2. The van der Waals surface area contributed by atoms with E-state index in [-0.39, 0.29) is 16.7 Å². The van der Waals surface area contributed by atoms with Crippen molar-refractivity contribution in [1.82, 2.24) is 9.97 Å². The minimum absolute atomic E-state index is 0.0734. The second kappa shape index (κ2) is 9.28. The predicted molar refractivity (Wildman–Crippen MR) is 135 cm³/mol. The number of nitrogens with one attached hydrogen (secondary N) is 1. The number of rotatable bonds is 7. The summed E-state index contributed by atoms with van der Waals surface area (Å²) in [7, 11) is -2.51. The number of methoxy groups -OCH3 is 1. The molecular formula is C23H22BrN3O4S2. The highest BCUT2D eigenvalue weighted by atomic mass is 79.9. The van der Waals surface area contributed by atoms with Crippen molar-refractivity contribution < 1.29 is 17.3 Å². The highest BCUT2D eigenvalue weighted by Crippen LogP contribution is 2.39. The van der Waals surface area contributed by atoms with E-state index in [1.807, 2.05) is 26.2 Å². The molecule has 0 bridgehead atoms. The summed E-state index contributed by atoms with van der Waals surface area (Å²) in [6.45, 7) is 5.95. The van der Waals surface area contributed by atoms with Crippen LogP contribution in [0.25, 0.3) is 22.3 Å². The second-order valence-corrected chi connectivity index (χ2v) is 10.9. The fourth-order valence-corrected chi connectivity index (χ4v) is 5.53. The van der Waals surface area contributed by atoms with Crippen molar-refractivity contribution in [3.63, 3.8) is 0 Å². The highest BCUT2D eigenvalue weighted by molar-refractivity contribution is 9.10. The molecule has 2 aromatic carbocycles. The topological polar surface area (TPSA) is 90.4 Å². The first-order valence-corrected chi connectivity index (χ1v) is 13.2. The Bertz CT molecular complexity index is 1420. The summed E-state index contributed by atoms with van der Waals surface area (Å²) in [5.41, 5.74) is 2.55. The van der Waals surface area contributed by atoms with Crippen LogP contribution in [-0.2, 0) is 10.1 Å². The summed E-state index contributed by atoms with van der Waals surface area (Å²) in [5.74, 6) is 0.727. The summed E-state index contributed by atoms with van der Waals surface area (Å²) < 4.78 is 37.7. The first-order valence-electron chi connectivity index (χ1n) is 10.1. The van der Waals surface area contributed by atoms with Crippen molar-refractivity contribution in [2.75, 3.05) is 12.4 Å². The van der Waals surface area contributed by atoms with Crippen molar-refractivity contribution in [1.29, 1.82) is 0 Å². The van der Waals surface area contributed by atoms with Gasteiger partial charge in [0, 0.05) is 22.9 Å². The van der Waals surface area contributed by atoms with Crippen molar-refractivity contribution in [3.05, 3.63) is 57.9 Å². The zero-order chi connectivity index (χ0) is 23.8. The third-order valence-electron chi connectivity index (χ3n) is 4.75. The molecule has 0 spiro atoms. The van der Waals surface area contributed by atoms with Gasteiger partial charge in [0.1, 0.15) is 16.3 Å². The van der Waals surface area contributed by atoms with Crippen LogP contribution in [-0.4, -0.2) is 31.5 Å². The first kappa shape index (κ1) is 23.5. The number of benzene rings is 2. The van der Waals surface area contributed by atoms with E-state index < -0.39 is 10.1 Å². The smallest absolute Gasteiger partial charge is 0.339 e. The molecule has 0 saturated heterocycles.